The summed E-state index contributed by atoms with van der Waals surface area (Å²) in [4.78, 5) is 4.13. The summed E-state index contributed by atoms with van der Waals surface area (Å²) in [5.41, 5.74) is 8.92. The van der Waals surface area contributed by atoms with Gasteiger partial charge in [0.1, 0.15) is 10.8 Å². The molecule has 0 aliphatic carbocycles. The molecule has 3 heterocycles. The third-order valence-electron chi connectivity index (χ3n) is 3.04. The number of nitrogens with one attached hydrogen (secondary N) is 2. The van der Waals surface area contributed by atoms with Crippen LogP contribution >= 0.6 is 11.5 Å². The fourth-order valence-electron chi connectivity index (χ4n) is 1.97. The van der Waals surface area contributed by atoms with Crippen LogP contribution in [-0.2, 0) is 0 Å². The van der Waals surface area contributed by atoms with Crippen LogP contribution in [0.2, 0.25) is 0 Å². The van der Waals surface area contributed by atoms with E-state index in [0.717, 1.165) is 21.7 Å². The number of nitrogens with zero attached hydrogens (tertiary/aromatic N) is 3. The third-order valence-corrected chi connectivity index (χ3v) is 3.83. The van der Waals surface area contributed by atoms with E-state index in [1.165, 1.54) is 11.5 Å². The van der Waals surface area contributed by atoms with Crippen molar-refractivity contribution in [1.29, 1.82) is 0 Å². The molecular formula is C13H14N6S. The Morgan fingerprint density at radius 3 is 3.00 bits per heavy atom. The second-order valence-corrected chi connectivity index (χ2v) is 5.18. The number of H-pyrrole nitrogens is 1. The van der Waals surface area contributed by atoms with E-state index >= 15 is 0 Å². The zero-order valence-electron chi connectivity index (χ0n) is 10.9. The lowest BCUT2D eigenvalue weighted by atomic mass is 10.1. The summed E-state index contributed by atoms with van der Waals surface area (Å²) in [5.74, 6) is 0.518. The maximum atomic E-state index is 5.98. The van der Waals surface area contributed by atoms with Gasteiger partial charge in [-0.25, -0.2) is 0 Å². The molecule has 3 aromatic rings. The van der Waals surface area contributed by atoms with Crippen LogP contribution < -0.4 is 11.1 Å². The molecule has 0 aromatic carbocycles. The van der Waals surface area contributed by atoms with Crippen LogP contribution in [0, 0.1) is 0 Å². The SMILES string of the molecule is CC(Nc1snc(N)c1-c1cccnc1)c1cn[nH]c1. The van der Waals surface area contributed by atoms with Gasteiger partial charge in [0.25, 0.3) is 0 Å². The predicted molar refractivity (Wildman–Crippen MR) is 80.4 cm³/mol. The number of anilines is 2. The second kappa shape index (κ2) is 5.30. The van der Waals surface area contributed by atoms with Crippen molar-refractivity contribution in [1.82, 2.24) is 19.6 Å². The number of nitrogens with two attached hydrogens (primary N) is 1. The van der Waals surface area contributed by atoms with Crippen LogP contribution in [0.15, 0.2) is 36.9 Å². The van der Waals surface area contributed by atoms with E-state index in [1.807, 2.05) is 18.3 Å². The largest absolute Gasteiger partial charge is 0.382 e. The van der Waals surface area contributed by atoms with Crippen molar-refractivity contribution in [3.05, 3.63) is 42.5 Å². The van der Waals surface area contributed by atoms with E-state index in [9.17, 15) is 0 Å². The average molecular weight is 286 g/mol. The van der Waals surface area contributed by atoms with Gasteiger partial charge in [-0.3, -0.25) is 10.1 Å². The number of nitrogen functional groups attached to an aromatic ring is 1. The van der Waals surface area contributed by atoms with Crippen LogP contribution in [0.5, 0.6) is 0 Å². The summed E-state index contributed by atoms with van der Waals surface area (Å²) >= 11 is 1.35. The Balaban J connectivity index is 1.92. The number of hydrogen-bond donors (Lipinski definition) is 3. The highest BCUT2D eigenvalue weighted by Crippen LogP contribution is 2.37. The molecule has 0 saturated carbocycles. The van der Waals surface area contributed by atoms with Crippen LogP contribution in [0.1, 0.15) is 18.5 Å². The lowest BCUT2D eigenvalue weighted by Gasteiger charge is -2.13. The molecule has 0 aliphatic rings. The number of aromatic amines is 1. The first-order valence-electron chi connectivity index (χ1n) is 6.16. The van der Waals surface area contributed by atoms with Crippen LogP contribution in [0.25, 0.3) is 11.1 Å². The van der Waals surface area contributed by atoms with Gasteiger partial charge < -0.3 is 11.1 Å². The van der Waals surface area contributed by atoms with E-state index < -0.39 is 0 Å². The molecule has 6 nitrogen and oxygen atoms in total. The van der Waals surface area contributed by atoms with Gasteiger partial charge in [-0.05, 0) is 24.5 Å². The molecule has 0 bridgehead atoms. The van der Waals surface area contributed by atoms with Gasteiger partial charge in [0.2, 0.25) is 0 Å². The molecule has 0 saturated heterocycles. The Labute approximate surface area is 120 Å². The topological polar surface area (TPSA) is 92.5 Å². The number of rotatable bonds is 4. The Hall–Kier alpha value is -2.41. The van der Waals surface area contributed by atoms with Gasteiger partial charge in [-0.15, -0.1) is 0 Å². The monoisotopic (exact) mass is 286 g/mol. The Kier molecular flexibility index (Phi) is 3.34. The minimum Gasteiger partial charge on any atom is -0.382 e. The van der Waals surface area contributed by atoms with Crippen LogP contribution in [0.3, 0.4) is 0 Å². The molecule has 0 amide bonds. The molecule has 0 fully saturated rings. The Morgan fingerprint density at radius 1 is 1.40 bits per heavy atom. The van der Waals surface area contributed by atoms with Gasteiger partial charge in [0, 0.05) is 29.7 Å². The van der Waals surface area contributed by atoms with E-state index in [-0.39, 0.29) is 6.04 Å². The smallest absolute Gasteiger partial charge is 0.147 e. The van der Waals surface area contributed by atoms with Crippen molar-refractivity contribution >= 4 is 22.4 Å². The number of hydrogen-bond acceptors (Lipinski definition) is 6. The molecule has 0 aliphatic heterocycles. The van der Waals surface area contributed by atoms with Crippen molar-refractivity contribution in [2.24, 2.45) is 0 Å². The van der Waals surface area contributed by atoms with Crippen molar-refractivity contribution in [3.8, 4) is 11.1 Å². The fraction of sp³-hybridized carbons (Fsp3) is 0.154. The van der Waals surface area contributed by atoms with Gasteiger partial charge in [-0.1, -0.05) is 6.07 Å². The molecule has 20 heavy (non-hydrogen) atoms. The first kappa shape index (κ1) is 12.6. The standard InChI is InChI=1S/C13H14N6S/c1-8(10-6-16-17-7-10)18-13-11(12(14)19-20-13)9-3-2-4-15-5-9/h2-8,18H,1H3,(H2,14,19)(H,16,17). The van der Waals surface area contributed by atoms with Crippen molar-refractivity contribution in [3.63, 3.8) is 0 Å². The van der Waals surface area contributed by atoms with E-state index in [4.69, 9.17) is 5.73 Å². The summed E-state index contributed by atoms with van der Waals surface area (Å²) in [6, 6.07) is 3.97. The maximum Gasteiger partial charge on any atom is 0.147 e. The molecule has 1 unspecified atom stereocenters. The maximum absolute atomic E-state index is 5.98. The number of aromatic nitrogens is 4. The zero-order valence-corrected chi connectivity index (χ0v) is 11.7. The van der Waals surface area contributed by atoms with Gasteiger partial charge >= 0.3 is 0 Å². The summed E-state index contributed by atoms with van der Waals surface area (Å²) < 4.78 is 4.23. The highest BCUT2D eigenvalue weighted by molar-refractivity contribution is 7.11. The molecular weight excluding hydrogens is 272 g/mol. The Bertz CT molecular complexity index is 676. The van der Waals surface area contributed by atoms with Gasteiger partial charge in [-0.2, -0.15) is 9.47 Å². The molecule has 1 atom stereocenters. The number of pyridine rings is 1. The minimum absolute atomic E-state index is 0.115. The van der Waals surface area contributed by atoms with E-state index in [0.29, 0.717) is 5.82 Å². The van der Waals surface area contributed by atoms with Gasteiger partial charge in [0.05, 0.1) is 17.8 Å². The molecule has 0 spiro atoms. The zero-order chi connectivity index (χ0) is 13.9. The van der Waals surface area contributed by atoms with Crippen LogP contribution in [0.4, 0.5) is 10.8 Å². The Morgan fingerprint density at radius 2 is 2.30 bits per heavy atom. The molecule has 0 radical (unpaired) electrons. The van der Waals surface area contributed by atoms with Gasteiger partial charge in [0.15, 0.2) is 0 Å². The summed E-state index contributed by atoms with van der Waals surface area (Å²) in [7, 11) is 0. The molecule has 102 valence electrons. The third kappa shape index (κ3) is 2.35. The van der Waals surface area contributed by atoms with Crippen molar-refractivity contribution < 1.29 is 0 Å². The van der Waals surface area contributed by atoms with Crippen molar-refractivity contribution in [2.45, 2.75) is 13.0 Å². The lowest BCUT2D eigenvalue weighted by molar-refractivity contribution is 0.891. The lowest BCUT2D eigenvalue weighted by Crippen LogP contribution is -2.05. The highest BCUT2D eigenvalue weighted by Gasteiger charge is 2.16. The van der Waals surface area contributed by atoms with E-state index in [2.05, 4.69) is 31.8 Å². The summed E-state index contributed by atoms with van der Waals surface area (Å²) in [5, 5.41) is 11.1. The summed E-state index contributed by atoms with van der Waals surface area (Å²) in [6.07, 6.45) is 7.19. The summed E-state index contributed by atoms with van der Waals surface area (Å²) in [6.45, 7) is 2.06. The molecule has 3 aromatic heterocycles. The first-order valence-corrected chi connectivity index (χ1v) is 6.94. The fourth-order valence-corrected chi connectivity index (χ4v) is 2.79. The van der Waals surface area contributed by atoms with E-state index in [1.54, 1.807) is 18.6 Å². The molecule has 3 rings (SSSR count). The highest BCUT2D eigenvalue weighted by atomic mass is 32.1. The first-order chi connectivity index (χ1) is 9.75. The quantitative estimate of drug-likeness (QED) is 0.685. The molecule has 7 heteroatoms. The van der Waals surface area contributed by atoms with Crippen molar-refractivity contribution in [2.75, 3.05) is 11.1 Å². The average Bonchev–Trinajstić information content (AvgIpc) is 3.10. The predicted octanol–water partition coefficient (Wildman–Crippen LogP) is 2.68. The second-order valence-electron chi connectivity index (χ2n) is 4.41. The van der Waals surface area contributed by atoms with Crippen LogP contribution in [-0.4, -0.2) is 19.6 Å². The minimum atomic E-state index is 0.115. The normalized spacial score (nSPS) is 12.2. The molecule has 4 N–H and O–H groups in total.